The summed E-state index contributed by atoms with van der Waals surface area (Å²) in [5.74, 6) is -0.111. The van der Waals surface area contributed by atoms with Crippen molar-refractivity contribution in [3.8, 4) is 0 Å². The first-order valence-corrected chi connectivity index (χ1v) is 8.78. The van der Waals surface area contributed by atoms with Crippen LogP contribution in [0.25, 0.3) is 0 Å². The topological polar surface area (TPSA) is 58.2 Å². The second kappa shape index (κ2) is 8.21. The molecule has 0 spiro atoms. The maximum atomic E-state index is 11.7. The van der Waals surface area contributed by atoms with E-state index < -0.39 is 6.03 Å². The lowest BCUT2D eigenvalue weighted by Crippen LogP contribution is -2.39. The van der Waals surface area contributed by atoms with Gasteiger partial charge in [0, 0.05) is 14.2 Å². The quantitative estimate of drug-likeness (QED) is 0.773. The Labute approximate surface area is 139 Å². The highest BCUT2D eigenvalue weighted by Crippen LogP contribution is 2.20. The second-order valence-electron chi connectivity index (χ2n) is 4.05. The zero-order valence-corrected chi connectivity index (χ0v) is 14.2. The molecule has 4 nitrogen and oxygen atoms in total. The minimum Gasteiger partial charge on any atom is -0.333 e. The highest BCUT2D eigenvalue weighted by atomic mass is 79.9. The number of carbonyl (C=O) groups excluding carboxylic acids is 2. The van der Waals surface area contributed by atoms with E-state index in [-0.39, 0.29) is 11.7 Å². The summed E-state index contributed by atoms with van der Waals surface area (Å²) in [4.78, 5) is 25.2. The normalized spacial score (nSPS) is 10.1. The van der Waals surface area contributed by atoms with Gasteiger partial charge in [0.2, 0.25) is 5.91 Å². The van der Waals surface area contributed by atoms with Crippen LogP contribution < -0.4 is 10.6 Å². The van der Waals surface area contributed by atoms with Crippen LogP contribution in [0.4, 0.5) is 4.79 Å². The highest BCUT2D eigenvalue weighted by molar-refractivity contribution is 9.10. The van der Waals surface area contributed by atoms with Gasteiger partial charge in [0.25, 0.3) is 0 Å². The number of halogens is 1. The van der Waals surface area contributed by atoms with E-state index in [2.05, 4.69) is 26.6 Å². The average molecular weight is 385 g/mol. The van der Waals surface area contributed by atoms with Crippen molar-refractivity contribution >= 4 is 51.0 Å². The number of amides is 3. The summed E-state index contributed by atoms with van der Waals surface area (Å²) in [6.07, 6.45) is 0. The number of rotatable bonds is 5. The average Bonchev–Trinajstić information content (AvgIpc) is 2.98. The Morgan fingerprint density at radius 1 is 1.19 bits per heavy atom. The minimum atomic E-state index is -0.468. The van der Waals surface area contributed by atoms with Crippen molar-refractivity contribution < 1.29 is 9.59 Å². The van der Waals surface area contributed by atoms with Gasteiger partial charge in [-0.3, -0.25) is 10.1 Å². The molecule has 1 aromatic carbocycles. The van der Waals surface area contributed by atoms with Crippen molar-refractivity contribution in [3.63, 3.8) is 0 Å². The van der Waals surface area contributed by atoms with E-state index in [1.54, 1.807) is 11.3 Å². The van der Waals surface area contributed by atoms with Gasteiger partial charge in [-0.25, -0.2) is 4.79 Å². The van der Waals surface area contributed by atoms with E-state index in [0.717, 1.165) is 14.2 Å². The van der Waals surface area contributed by atoms with Crippen molar-refractivity contribution in [1.82, 2.24) is 10.6 Å². The summed E-state index contributed by atoms with van der Waals surface area (Å²) in [5.41, 5.74) is 0. The smallest absolute Gasteiger partial charge is 0.321 e. The van der Waals surface area contributed by atoms with E-state index in [0.29, 0.717) is 6.54 Å². The van der Waals surface area contributed by atoms with Crippen LogP contribution in [0.2, 0.25) is 0 Å². The van der Waals surface area contributed by atoms with Gasteiger partial charge in [0.05, 0.1) is 12.3 Å². The highest BCUT2D eigenvalue weighted by Gasteiger charge is 2.08. The van der Waals surface area contributed by atoms with Gasteiger partial charge < -0.3 is 5.32 Å². The Bertz CT molecular complexity index is 600. The van der Waals surface area contributed by atoms with Crippen molar-refractivity contribution in [2.75, 3.05) is 5.75 Å². The number of carbonyl (C=O) groups is 2. The molecule has 0 saturated heterocycles. The molecule has 1 heterocycles. The molecule has 2 rings (SSSR count). The lowest BCUT2D eigenvalue weighted by Gasteiger charge is -2.05. The Kier molecular flexibility index (Phi) is 6.28. The minimum absolute atomic E-state index is 0.202. The Morgan fingerprint density at radius 3 is 2.62 bits per heavy atom. The molecule has 2 N–H and O–H groups in total. The summed E-state index contributed by atoms with van der Waals surface area (Å²) in [6, 6.07) is 11.0. The van der Waals surface area contributed by atoms with Crippen LogP contribution in [-0.2, 0) is 11.3 Å². The molecule has 1 aromatic heterocycles. The Balaban J connectivity index is 1.68. The zero-order chi connectivity index (χ0) is 15.1. The van der Waals surface area contributed by atoms with Crippen molar-refractivity contribution in [2.45, 2.75) is 11.4 Å². The first-order valence-electron chi connectivity index (χ1n) is 6.12. The molecule has 0 atom stereocenters. The fourth-order valence-electron chi connectivity index (χ4n) is 1.47. The van der Waals surface area contributed by atoms with Crippen LogP contribution in [0.5, 0.6) is 0 Å². The first kappa shape index (κ1) is 16.1. The molecule has 7 heteroatoms. The first-order chi connectivity index (χ1) is 10.1. The number of hydrogen-bond acceptors (Lipinski definition) is 4. The SMILES string of the molecule is O=C(CSc1ccc(Br)cc1)NC(=O)NCc1cccs1. The van der Waals surface area contributed by atoms with E-state index in [1.807, 2.05) is 41.8 Å². The number of imide groups is 1. The maximum Gasteiger partial charge on any atom is 0.321 e. The van der Waals surface area contributed by atoms with E-state index in [1.165, 1.54) is 11.8 Å². The summed E-state index contributed by atoms with van der Waals surface area (Å²) in [5, 5.41) is 6.89. The molecule has 0 unspecified atom stereocenters. The molecule has 0 bridgehead atoms. The molecule has 0 radical (unpaired) electrons. The van der Waals surface area contributed by atoms with Crippen LogP contribution in [0.1, 0.15) is 4.88 Å². The van der Waals surface area contributed by atoms with Gasteiger partial charge in [-0.05, 0) is 35.7 Å². The van der Waals surface area contributed by atoms with Gasteiger partial charge in [-0.2, -0.15) is 0 Å². The molecule has 0 aliphatic heterocycles. The predicted molar refractivity (Wildman–Crippen MR) is 89.6 cm³/mol. The largest absolute Gasteiger partial charge is 0.333 e. The summed E-state index contributed by atoms with van der Waals surface area (Å²) in [6.45, 7) is 0.427. The Morgan fingerprint density at radius 2 is 1.95 bits per heavy atom. The monoisotopic (exact) mass is 384 g/mol. The molecule has 3 amide bonds. The van der Waals surface area contributed by atoms with Gasteiger partial charge in [-0.1, -0.05) is 22.0 Å². The van der Waals surface area contributed by atoms with Crippen molar-refractivity contribution in [3.05, 3.63) is 51.1 Å². The second-order valence-corrected chi connectivity index (χ2v) is 7.05. The molecule has 2 aromatic rings. The Hall–Kier alpha value is -1.31. The summed E-state index contributed by atoms with van der Waals surface area (Å²) >= 11 is 6.29. The molecular formula is C14H13BrN2O2S2. The van der Waals surface area contributed by atoms with E-state index in [9.17, 15) is 9.59 Å². The third kappa shape index (κ3) is 5.91. The number of hydrogen-bond donors (Lipinski definition) is 2. The molecule has 21 heavy (non-hydrogen) atoms. The van der Waals surface area contributed by atoms with Crippen molar-refractivity contribution in [1.29, 1.82) is 0 Å². The standard InChI is InChI=1S/C14H13BrN2O2S2/c15-10-3-5-11(6-4-10)21-9-13(18)17-14(19)16-8-12-2-1-7-20-12/h1-7H,8-9H2,(H2,16,17,18,19). The van der Waals surface area contributed by atoms with Crippen LogP contribution in [0.3, 0.4) is 0 Å². The lowest BCUT2D eigenvalue weighted by atomic mass is 10.4. The van der Waals surface area contributed by atoms with E-state index >= 15 is 0 Å². The number of thioether (sulfide) groups is 1. The summed E-state index contributed by atoms with van der Waals surface area (Å²) < 4.78 is 0.990. The molecular weight excluding hydrogens is 372 g/mol. The molecule has 0 aliphatic rings. The molecule has 0 saturated carbocycles. The molecule has 110 valence electrons. The van der Waals surface area contributed by atoms with Crippen LogP contribution in [-0.4, -0.2) is 17.7 Å². The van der Waals surface area contributed by atoms with Crippen LogP contribution in [0, 0.1) is 0 Å². The van der Waals surface area contributed by atoms with Crippen molar-refractivity contribution in [2.24, 2.45) is 0 Å². The van der Waals surface area contributed by atoms with Gasteiger partial charge in [0.15, 0.2) is 0 Å². The fraction of sp³-hybridized carbons (Fsp3) is 0.143. The molecule has 0 aliphatic carbocycles. The molecule has 0 fully saturated rings. The third-order valence-electron chi connectivity index (χ3n) is 2.44. The maximum absolute atomic E-state index is 11.7. The predicted octanol–water partition coefficient (Wildman–Crippen LogP) is 3.63. The number of urea groups is 1. The number of nitrogens with one attached hydrogen (secondary N) is 2. The van der Waals surface area contributed by atoms with Gasteiger partial charge in [-0.15, -0.1) is 23.1 Å². The zero-order valence-electron chi connectivity index (χ0n) is 11.0. The van der Waals surface area contributed by atoms with Gasteiger partial charge in [0.1, 0.15) is 0 Å². The summed E-state index contributed by atoms with van der Waals surface area (Å²) in [7, 11) is 0. The van der Waals surface area contributed by atoms with Gasteiger partial charge >= 0.3 is 6.03 Å². The van der Waals surface area contributed by atoms with E-state index in [4.69, 9.17) is 0 Å². The number of benzene rings is 1. The van der Waals surface area contributed by atoms with Crippen LogP contribution >= 0.6 is 39.0 Å². The number of thiophene rings is 1. The lowest BCUT2D eigenvalue weighted by molar-refractivity contribution is -0.117. The fourth-order valence-corrected chi connectivity index (χ4v) is 3.07. The third-order valence-corrected chi connectivity index (χ3v) is 4.86. The van der Waals surface area contributed by atoms with Crippen LogP contribution in [0.15, 0.2) is 51.1 Å².